The highest BCUT2D eigenvalue weighted by molar-refractivity contribution is 5.75. The van der Waals surface area contributed by atoms with E-state index in [0.29, 0.717) is 26.2 Å². The summed E-state index contributed by atoms with van der Waals surface area (Å²) in [6.07, 6.45) is 4.62. The first kappa shape index (κ1) is 11.7. The van der Waals surface area contributed by atoms with Crippen molar-refractivity contribution >= 4 is 5.91 Å². The predicted molar refractivity (Wildman–Crippen MR) is 56.4 cm³/mol. The molecule has 0 aliphatic rings. The van der Waals surface area contributed by atoms with E-state index in [2.05, 4.69) is 15.3 Å². The van der Waals surface area contributed by atoms with Crippen LogP contribution in [0.15, 0.2) is 12.4 Å². The van der Waals surface area contributed by atoms with E-state index >= 15 is 0 Å². The molecule has 1 aromatic rings. The molecule has 0 saturated carbocycles. The molecule has 0 bridgehead atoms. The third-order valence-corrected chi connectivity index (χ3v) is 1.92. The lowest BCUT2D eigenvalue weighted by molar-refractivity contribution is -0.122. The molecule has 0 unspecified atom stereocenters. The van der Waals surface area contributed by atoms with E-state index in [1.807, 2.05) is 6.92 Å². The number of imidazole rings is 1. The van der Waals surface area contributed by atoms with Crippen LogP contribution < -0.4 is 5.32 Å². The zero-order chi connectivity index (χ0) is 10.9. The number of carbonyl (C=O) groups excluding carboxylic acids is 1. The Balaban J connectivity index is 2.02. The van der Waals surface area contributed by atoms with Gasteiger partial charge in [0.1, 0.15) is 5.82 Å². The summed E-state index contributed by atoms with van der Waals surface area (Å²) < 4.78 is 5.08. The van der Waals surface area contributed by atoms with Gasteiger partial charge in [-0.3, -0.25) is 4.79 Å². The zero-order valence-electron chi connectivity index (χ0n) is 8.95. The number of amides is 1. The molecule has 0 aromatic carbocycles. The SMILES string of the molecule is CCOCCC(=O)NCCc1ncc[nH]1. The molecule has 0 spiro atoms. The van der Waals surface area contributed by atoms with Gasteiger partial charge >= 0.3 is 0 Å². The minimum Gasteiger partial charge on any atom is -0.381 e. The monoisotopic (exact) mass is 211 g/mol. The summed E-state index contributed by atoms with van der Waals surface area (Å²) in [4.78, 5) is 18.3. The number of nitrogens with one attached hydrogen (secondary N) is 2. The molecule has 1 rings (SSSR count). The van der Waals surface area contributed by atoms with E-state index in [-0.39, 0.29) is 5.91 Å². The highest BCUT2D eigenvalue weighted by atomic mass is 16.5. The number of hydrogen-bond acceptors (Lipinski definition) is 3. The van der Waals surface area contributed by atoms with Crippen molar-refractivity contribution in [1.82, 2.24) is 15.3 Å². The maximum Gasteiger partial charge on any atom is 0.222 e. The number of ether oxygens (including phenoxy) is 1. The van der Waals surface area contributed by atoms with Gasteiger partial charge in [-0.2, -0.15) is 0 Å². The molecule has 1 amide bonds. The molecule has 0 aliphatic carbocycles. The van der Waals surface area contributed by atoms with Gasteiger partial charge in [-0.25, -0.2) is 4.98 Å². The van der Waals surface area contributed by atoms with Gasteiger partial charge in [0.25, 0.3) is 0 Å². The molecule has 0 saturated heterocycles. The standard InChI is InChI=1S/C10H17N3O2/c1-2-15-8-4-10(14)13-5-3-9-11-6-7-12-9/h6-7H,2-5,8H2,1H3,(H,11,12)(H,13,14). The third-order valence-electron chi connectivity index (χ3n) is 1.92. The molecule has 0 aliphatic heterocycles. The van der Waals surface area contributed by atoms with Gasteiger partial charge in [-0.15, -0.1) is 0 Å². The number of rotatable bonds is 7. The molecule has 0 atom stereocenters. The Morgan fingerprint density at radius 1 is 1.67 bits per heavy atom. The first-order chi connectivity index (χ1) is 7.33. The fourth-order valence-corrected chi connectivity index (χ4v) is 1.15. The van der Waals surface area contributed by atoms with Crippen molar-refractivity contribution in [3.63, 3.8) is 0 Å². The highest BCUT2D eigenvalue weighted by Crippen LogP contribution is 1.89. The quantitative estimate of drug-likeness (QED) is 0.645. The van der Waals surface area contributed by atoms with Crippen LogP contribution in [0.4, 0.5) is 0 Å². The maximum absolute atomic E-state index is 11.2. The van der Waals surface area contributed by atoms with E-state index in [4.69, 9.17) is 4.74 Å². The van der Waals surface area contributed by atoms with Gasteiger partial charge in [0.15, 0.2) is 0 Å². The van der Waals surface area contributed by atoms with Crippen molar-refractivity contribution in [3.8, 4) is 0 Å². The summed E-state index contributed by atoms with van der Waals surface area (Å²) in [7, 11) is 0. The van der Waals surface area contributed by atoms with Gasteiger partial charge < -0.3 is 15.0 Å². The molecular weight excluding hydrogens is 194 g/mol. The lowest BCUT2D eigenvalue weighted by Crippen LogP contribution is -2.26. The van der Waals surface area contributed by atoms with Crippen molar-refractivity contribution in [2.75, 3.05) is 19.8 Å². The fourth-order valence-electron chi connectivity index (χ4n) is 1.15. The second-order valence-corrected chi connectivity index (χ2v) is 3.08. The van der Waals surface area contributed by atoms with Gasteiger partial charge in [0.2, 0.25) is 5.91 Å². The maximum atomic E-state index is 11.2. The van der Waals surface area contributed by atoms with E-state index in [9.17, 15) is 4.79 Å². The molecule has 5 nitrogen and oxygen atoms in total. The second-order valence-electron chi connectivity index (χ2n) is 3.08. The van der Waals surface area contributed by atoms with Crippen molar-refractivity contribution in [1.29, 1.82) is 0 Å². The summed E-state index contributed by atoms with van der Waals surface area (Å²) in [5.74, 6) is 0.912. The number of carbonyl (C=O) groups is 1. The van der Waals surface area contributed by atoms with Crippen LogP contribution in [-0.2, 0) is 16.0 Å². The zero-order valence-corrected chi connectivity index (χ0v) is 8.95. The molecule has 0 radical (unpaired) electrons. The molecule has 0 fully saturated rings. The summed E-state index contributed by atoms with van der Waals surface area (Å²) in [5.41, 5.74) is 0. The van der Waals surface area contributed by atoms with Gasteiger partial charge in [0, 0.05) is 38.4 Å². The van der Waals surface area contributed by atoms with Crippen LogP contribution in [0.5, 0.6) is 0 Å². The third kappa shape index (κ3) is 5.17. The minimum atomic E-state index is 0.0232. The van der Waals surface area contributed by atoms with Gasteiger partial charge in [0.05, 0.1) is 6.61 Å². The molecule has 5 heteroatoms. The Morgan fingerprint density at radius 2 is 2.53 bits per heavy atom. The fraction of sp³-hybridized carbons (Fsp3) is 0.600. The first-order valence-corrected chi connectivity index (χ1v) is 5.15. The van der Waals surface area contributed by atoms with Crippen LogP contribution in [0.1, 0.15) is 19.2 Å². The highest BCUT2D eigenvalue weighted by Gasteiger charge is 2.00. The number of H-pyrrole nitrogens is 1. The summed E-state index contributed by atoms with van der Waals surface area (Å²) >= 11 is 0. The van der Waals surface area contributed by atoms with Gasteiger partial charge in [-0.1, -0.05) is 0 Å². The van der Waals surface area contributed by atoms with E-state index in [0.717, 1.165) is 12.2 Å². The smallest absolute Gasteiger partial charge is 0.222 e. The van der Waals surface area contributed by atoms with Crippen LogP contribution in [0.3, 0.4) is 0 Å². The van der Waals surface area contributed by atoms with Crippen LogP contribution in [-0.4, -0.2) is 35.6 Å². The predicted octanol–water partition coefficient (Wildman–Crippen LogP) is 0.495. The molecular formula is C10H17N3O2. The van der Waals surface area contributed by atoms with Crippen LogP contribution in [0.25, 0.3) is 0 Å². The Labute approximate surface area is 89.2 Å². The largest absolute Gasteiger partial charge is 0.381 e. The molecule has 15 heavy (non-hydrogen) atoms. The molecule has 1 heterocycles. The van der Waals surface area contributed by atoms with Crippen LogP contribution in [0, 0.1) is 0 Å². The molecule has 2 N–H and O–H groups in total. The van der Waals surface area contributed by atoms with E-state index < -0.39 is 0 Å². The Kier molecular flexibility index (Phi) is 5.47. The topological polar surface area (TPSA) is 67.0 Å². The second kappa shape index (κ2) is 7.00. The Morgan fingerprint density at radius 3 is 3.20 bits per heavy atom. The van der Waals surface area contributed by atoms with Crippen LogP contribution in [0.2, 0.25) is 0 Å². The summed E-state index contributed by atoms with van der Waals surface area (Å²) in [6.45, 7) is 3.66. The van der Waals surface area contributed by atoms with Crippen molar-refractivity contribution < 1.29 is 9.53 Å². The number of hydrogen-bond donors (Lipinski definition) is 2. The summed E-state index contributed by atoms with van der Waals surface area (Å²) in [6, 6.07) is 0. The Bertz CT molecular complexity index is 272. The van der Waals surface area contributed by atoms with Gasteiger partial charge in [-0.05, 0) is 6.92 Å². The van der Waals surface area contributed by atoms with E-state index in [1.165, 1.54) is 0 Å². The van der Waals surface area contributed by atoms with E-state index in [1.54, 1.807) is 12.4 Å². The Hall–Kier alpha value is -1.36. The number of nitrogens with zero attached hydrogens (tertiary/aromatic N) is 1. The lowest BCUT2D eigenvalue weighted by atomic mass is 10.3. The average Bonchev–Trinajstić information content (AvgIpc) is 2.71. The molecule has 84 valence electrons. The molecule has 1 aromatic heterocycles. The number of aromatic amines is 1. The minimum absolute atomic E-state index is 0.0232. The van der Waals surface area contributed by atoms with Crippen LogP contribution >= 0.6 is 0 Å². The lowest BCUT2D eigenvalue weighted by Gasteiger charge is -2.03. The number of aromatic nitrogens is 2. The van der Waals surface area contributed by atoms with Crippen molar-refractivity contribution in [2.24, 2.45) is 0 Å². The first-order valence-electron chi connectivity index (χ1n) is 5.15. The normalized spacial score (nSPS) is 10.2. The average molecular weight is 211 g/mol. The van der Waals surface area contributed by atoms with Crippen molar-refractivity contribution in [3.05, 3.63) is 18.2 Å². The summed E-state index contributed by atoms with van der Waals surface area (Å²) in [5, 5.41) is 2.80. The van der Waals surface area contributed by atoms with Crippen molar-refractivity contribution in [2.45, 2.75) is 19.8 Å².